The van der Waals surface area contributed by atoms with Crippen molar-refractivity contribution in [1.29, 1.82) is 0 Å². The number of carbonyl (C=O) groups excluding carboxylic acids is 4. The van der Waals surface area contributed by atoms with Crippen molar-refractivity contribution < 1.29 is 29.1 Å². The van der Waals surface area contributed by atoms with Crippen LogP contribution in [0.4, 0.5) is 10.5 Å². The fourth-order valence-corrected chi connectivity index (χ4v) is 3.40. The average molecular weight is 477 g/mol. The maximum absolute atomic E-state index is 13.1. The van der Waals surface area contributed by atoms with Gasteiger partial charge in [-0.1, -0.05) is 31.5 Å². The van der Waals surface area contributed by atoms with Crippen LogP contribution in [-0.2, 0) is 19.2 Å². The zero-order valence-corrected chi connectivity index (χ0v) is 20.1. The molecule has 0 aliphatic rings. The van der Waals surface area contributed by atoms with Gasteiger partial charge in [0.15, 0.2) is 5.78 Å². The van der Waals surface area contributed by atoms with Crippen molar-refractivity contribution in [3.05, 3.63) is 29.8 Å². The number of carboxylic acids is 1. The lowest BCUT2D eigenvalue weighted by atomic mass is 9.89. The van der Waals surface area contributed by atoms with Gasteiger partial charge in [0, 0.05) is 37.4 Å². The monoisotopic (exact) mass is 476 g/mol. The number of hydrogen-bond acceptors (Lipinski definition) is 5. The number of carboxylic acid groups (broad SMARTS) is 1. The third kappa shape index (κ3) is 11.4. The van der Waals surface area contributed by atoms with Crippen LogP contribution in [0.2, 0.25) is 0 Å². The third-order valence-electron chi connectivity index (χ3n) is 5.29. The molecule has 0 aromatic heterocycles. The zero-order valence-electron chi connectivity index (χ0n) is 20.1. The summed E-state index contributed by atoms with van der Waals surface area (Å²) < 4.78 is 0. The summed E-state index contributed by atoms with van der Waals surface area (Å²) in [6.45, 7) is 5.78. The smallest absolute Gasteiger partial charge is 0.312 e. The Morgan fingerprint density at radius 1 is 1.00 bits per heavy atom. The fraction of sp³-hybridized carbons (Fsp3) is 0.542. The van der Waals surface area contributed by atoms with Crippen molar-refractivity contribution in [3.8, 4) is 0 Å². The number of nitrogens with two attached hydrogens (primary N) is 1. The van der Waals surface area contributed by atoms with Gasteiger partial charge in [0.25, 0.3) is 0 Å². The van der Waals surface area contributed by atoms with E-state index in [1.807, 2.05) is 19.1 Å². The molecular formula is C24H36N4O6. The molecule has 6 N–H and O–H groups in total. The van der Waals surface area contributed by atoms with Crippen LogP contribution < -0.4 is 21.7 Å². The van der Waals surface area contributed by atoms with Gasteiger partial charge in [-0.2, -0.15) is 0 Å². The molecule has 10 nitrogen and oxygen atoms in total. The second-order valence-corrected chi connectivity index (χ2v) is 8.69. The minimum absolute atomic E-state index is 0.00107. The van der Waals surface area contributed by atoms with Crippen LogP contribution in [0.1, 0.15) is 57.9 Å². The number of aryl methyl sites for hydroxylation is 1. The maximum atomic E-state index is 13.1. The number of ketones is 1. The molecule has 0 radical (unpaired) electrons. The van der Waals surface area contributed by atoms with Gasteiger partial charge in [0.1, 0.15) is 0 Å². The topological polar surface area (TPSA) is 168 Å². The normalized spacial score (nSPS) is 12.5. The van der Waals surface area contributed by atoms with Crippen LogP contribution >= 0.6 is 0 Å². The first-order valence-corrected chi connectivity index (χ1v) is 11.4. The number of primary amides is 1. The standard InChI is InChI=1S/C24H36N4O6/c1-15(2)22(28-20(30)7-4-8-21(31)32)19(29)14-17(6-5-13-26-24(25)34)23(33)27-18-11-9-16(3)10-12-18/h9-12,15,17,22H,4-8,13-14H2,1-3H3,(H,27,33)(H,28,30)(H,31,32)(H3,25,26,34)/t17-,22+/m1/s1. The number of carbonyl (C=O) groups is 5. The average Bonchev–Trinajstić information content (AvgIpc) is 2.74. The first-order chi connectivity index (χ1) is 16.0. The SMILES string of the molecule is Cc1ccc(NC(=O)[C@H](CCCNC(N)=O)CC(=O)[C@@H](NC(=O)CCCC(=O)O)C(C)C)cc1. The molecule has 1 aromatic carbocycles. The highest BCUT2D eigenvalue weighted by Gasteiger charge is 2.29. The Morgan fingerprint density at radius 3 is 2.21 bits per heavy atom. The van der Waals surface area contributed by atoms with E-state index in [0.717, 1.165) is 5.56 Å². The second kappa shape index (κ2) is 14.7. The lowest BCUT2D eigenvalue weighted by Gasteiger charge is -2.24. The van der Waals surface area contributed by atoms with E-state index < -0.39 is 29.9 Å². The van der Waals surface area contributed by atoms with E-state index in [2.05, 4.69) is 16.0 Å². The molecule has 1 aromatic rings. The molecule has 0 unspecified atom stereocenters. The van der Waals surface area contributed by atoms with Gasteiger partial charge in [0.05, 0.1) is 6.04 Å². The first kappa shape index (κ1) is 28.6. The Labute approximate surface area is 200 Å². The minimum Gasteiger partial charge on any atom is -0.481 e. The van der Waals surface area contributed by atoms with Crippen LogP contribution in [-0.4, -0.2) is 47.3 Å². The number of benzene rings is 1. The van der Waals surface area contributed by atoms with Gasteiger partial charge in [-0.3, -0.25) is 19.2 Å². The van der Waals surface area contributed by atoms with E-state index in [4.69, 9.17) is 10.8 Å². The second-order valence-electron chi connectivity index (χ2n) is 8.69. The van der Waals surface area contributed by atoms with E-state index >= 15 is 0 Å². The van der Waals surface area contributed by atoms with Gasteiger partial charge in [-0.25, -0.2) is 4.79 Å². The lowest BCUT2D eigenvalue weighted by molar-refractivity contribution is -0.137. The zero-order chi connectivity index (χ0) is 25.7. The molecular weight excluding hydrogens is 440 g/mol. The summed E-state index contributed by atoms with van der Waals surface area (Å²) in [5.41, 5.74) is 6.73. The summed E-state index contributed by atoms with van der Waals surface area (Å²) in [5, 5.41) is 16.7. The van der Waals surface area contributed by atoms with Crippen molar-refractivity contribution >= 4 is 35.3 Å². The highest BCUT2D eigenvalue weighted by molar-refractivity contribution is 5.97. The summed E-state index contributed by atoms with van der Waals surface area (Å²) in [6, 6.07) is 5.81. The summed E-state index contributed by atoms with van der Waals surface area (Å²) in [6.07, 6.45) is 0.728. The number of anilines is 1. The third-order valence-corrected chi connectivity index (χ3v) is 5.29. The summed E-state index contributed by atoms with van der Waals surface area (Å²) >= 11 is 0. The predicted octanol–water partition coefficient (Wildman–Crippen LogP) is 2.35. The molecule has 0 saturated heterocycles. The highest BCUT2D eigenvalue weighted by atomic mass is 16.4. The fourth-order valence-electron chi connectivity index (χ4n) is 3.40. The molecule has 2 atom stereocenters. The Morgan fingerprint density at radius 2 is 1.65 bits per heavy atom. The van der Waals surface area contributed by atoms with Crippen LogP contribution in [0.3, 0.4) is 0 Å². The number of aliphatic carboxylic acids is 1. The van der Waals surface area contributed by atoms with Crippen LogP contribution in [0.5, 0.6) is 0 Å². The van der Waals surface area contributed by atoms with Crippen LogP contribution in [0.25, 0.3) is 0 Å². The van der Waals surface area contributed by atoms with Crippen molar-refractivity contribution in [2.45, 2.75) is 65.3 Å². The van der Waals surface area contributed by atoms with E-state index in [1.54, 1.807) is 26.0 Å². The van der Waals surface area contributed by atoms with Gasteiger partial charge < -0.3 is 26.8 Å². The number of urea groups is 1. The number of hydrogen-bond donors (Lipinski definition) is 5. The Kier molecular flexibility index (Phi) is 12.3. The number of rotatable bonds is 15. The van der Waals surface area contributed by atoms with Crippen LogP contribution in [0.15, 0.2) is 24.3 Å². The van der Waals surface area contributed by atoms with Gasteiger partial charge >= 0.3 is 12.0 Å². The molecule has 0 bridgehead atoms. The summed E-state index contributed by atoms with van der Waals surface area (Å²) in [4.78, 5) is 59.8. The van der Waals surface area contributed by atoms with Gasteiger partial charge in [0.2, 0.25) is 11.8 Å². The molecule has 0 aliphatic carbocycles. The predicted molar refractivity (Wildman–Crippen MR) is 128 cm³/mol. The van der Waals surface area contributed by atoms with Crippen molar-refractivity contribution in [2.24, 2.45) is 17.6 Å². The first-order valence-electron chi connectivity index (χ1n) is 11.4. The summed E-state index contributed by atoms with van der Waals surface area (Å²) in [7, 11) is 0. The lowest BCUT2D eigenvalue weighted by Crippen LogP contribution is -2.45. The van der Waals surface area contributed by atoms with E-state index in [-0.39, 0.29) is 49.8 Å². The largest absolute Gasteiger partial charge is 0.481 e. The Bertz CT molecular complexity index is 854. The van der Waals surface area contributed by atoms with Crippen LogP contribution in [0, 0.1) is 18.8 Å². The van der Waals surface area contributed by atoms with Crippen molar-refractivity contribution in [3.63, 3.8) is 0 Å². The molecule has 0 fully saturated rings. The van der Waals surface area contributed by atoms with E-state index in [9.17, 15) is 24.0 Å². The van der Waals surface area contributed by atoms with Crippen molar-refractivity contribution in [1.82, 2.24) is 10.6 Å². The molecule has 0 aliphatic heterocycles. The number of Topliss-reactive ketones (excluding diaryl/α,β-unsaturated/α-hetero) is 1. The molecule has 0 heterocycles. The van der Waals surface area contributed by atoms with Gasteiger partial charge in [-0.05, 0) is 44.2 Å². The number of amides is 4. The highest BCUT2D eigenvalue weighted by Crippen LogP contribution is 2.19. The molecule has 188 valence electrons. The van der Waals surface area contributed by atoms with Gasteiger partial charge in [-0.15, -0.1) is 0 Å². The molecule has 10 heteroatoms. The molecule has 0 saturated carbocycles. The molecule has 1 rings (SSSR count). The Hall–Kier alpha value is -3.43. The van der Waals surface area contributed by atoms with Crippen molar-refractivity contribution in [2.75, 3.05) is 11.9 Å². The quantitative estimate of drug-likeness (QED) is 0.243. The molecule has 4 amide bonds. The maximum Gasteiger partial charge on any atom is 0.312 e. The Balaban J connectivity index is 2.84. The van der Waals surface area contributed by atoms with E-state index in [1.165, 1.54) is 0 Å². The van der Waals surface area contributed by atoms with E-state index in [0.29, 0.717) is 18.5 Å². The number of nitrogens with one attached hydrogen (secondary N) is 3. The minimum atomic E-state index is -0.988. The summed E-state index contributed by atoms with van der Waals surface area (Å²) in [5.74, 6) is -2.89. The molecule has 0 spiro atoms. The molecule has 34 heavy (non-hydrogen) atoms.